The Hall–Kier alpha value is -3.38. The SMILES string of the molecule is C1=C2C(=CCC1)c1cc3ccc4ccc5ccccc5c4c3c3cccc2c13. The summed E-state index contributed by atoms with van der Waals surface area (Å²) in [6.07, 6.45) is 7.17. The van der Waals surface area contributed by atoms with Crippen LogP contribution >= 0.6 is 0 Å². The molecule has 0 saturated heterocycles. The maximum absolute atomic E-state index is 2.44. The van der Waals surface area contributed by atoms with E-state index in [0.717, 1.165) is 12.8 Å². The zero-order valence-electron chi connectivity index (χ0n) is 15.5. The summed E-state index contributed by atoms with van der Waals surface area (Å²) in [4.78, 5) is 0. The number of allylic oxidation sites excluding steroid dienone is 4. The Kier molecular flexibility index (Phi) is 2.67. The van der Waals surface area contributed by atoms with Gasteiger partial charge in [-0.3, -0.25) is 0 Å². The zero-order chi connectivity index (χ0) is 18.2. The first-order valence-corrected chi connectivity index (χ1v) is 10.1. The molecule has 5 aromatic rings. The maximum atomic E-state index is 2.44. The number of rotatable bonds is 0. The molecule has 0 amide bonds. The third-order valence-electron chi connectivity index (χ3n) is 6.58. The van der Waals surface area contributed by atoms with Crippen LogP contribution in [0.4, 0.5) is 0 Å². The molecule has 0 atom stereocenters. The molecule has 7 rings (SSSR count). The summed E-state index contributed by atoms with van der Waals surface area (Å²) in [5.41, 5.74) is 5.72. The van der Waals surface area contributed by atoms with Crippen LogP contribution in [0.3, 0.4) is 0 Å². The minimum absolute atomic E-state index is 1.15. The van der Waals surface area contributed by atoms with Crippen molar-refractivity contribution in [2.24, 2.45) is 0 Å². The van der Waals surface area contributed by atoms with Crippen LogP contribution in [-0.2, 0) is 0 Å². The van der Waals surface area contributed by atoms with Gasteiger partial charge in [0.25, 0.3) is 0 Å². The van der Waals surface area contributed by atoms with Crippen LogP contribution < -0.4 is 0 Å². The second-order valence-corrected chi connectivity index (χ2v) is 8.01. The van der Waals surface area contributed by atoms with E-state index in [1.54, 1.807) is 0 Å². The fourth-order valence-corrected chi connectivity index (χ4v) is 5.42. The lowest BCUT2D eigenvalue weighted by Gasteiger charge is -2.13. The highest BCUT2D eigenvalue weighted by atomic mass is 14.3. The monoisotopic (exact) mass is 354 g/mol. The van der Waals surface area contributed by atoms with Crippen molar-refractivity contribution in [3.63, 3.8) is 0 Å². The minimum Gasteiger partial charge on any atom is -0.0757 e. The summed E-state index contributed by atoms with van der Waals surface area (Å²) in [5.74, 6) is 0. The highest BCUT2D eigenvalue weighted by Gasteiger charge is 2.26. The van der Waals surface area contributed by atoms with Crippen LogP contribution in [-0.4, -0.2) is 0 Å². The lowest BCUT2D eigenvalue weighted by molar-refractivity contribution is 1.05. The summed E-state index contributed by atoms with van der Waals surface area (Å²) >= 11 is 0. The lowest BCUT2D eigenvalue weighted by Crippen LogP contribution is -1.87. The van der Waals surface area contributed by atoms with Crippen molar-refractivity contribution in [2.75, 3.05) is 0 Å². The molecular formula is C28H18. The Morgan fingerprint density at radius 3 is 2.04 bits per heavy atom. The Morgan fingerprint density at radius 1 is 0.464 bits per heavy atom. The Morgan fingerprint density at radius 2 is 1.14 bits per heavy atom. The van der Waals surface area contributed by atoms with Gasteiger partial charge in [0.2, 0.25) is 0 Å². The molecule has 0 heteroatoms. The second kappa shape index (κ2) is 5.11. The molecule has 0 fully saturated rings. The van der Waals surface area contributed by atoms with E-state index in [0.29, 0.717) is 0 Å². The lowest BCUT2D eigenvalue weighted by atomic mass is 9.90. The first-order chi connectivity index (χ1) is 13.9. The standard InChI is InChI=1S/C28H18/c1-2-7-20-17(6-1)12-13-18-14-15-19-16-25-22-9-4-3-8-21(22)23-10-5-11-24(28(23)25)27(19)26(18)20/h1-2,5-16H,3-4H2. The van der Waals surface area contributed by atoms with Crippen LogP contribution in [0.2, 0.25) is 0 Å². The molecule has 0 radical (unpaired) electrons. The molecule has 0 nitrogen and oxygen atoms in total. The van der Waals surface area contributed by atoms with Crippen LogP contribution in [0.5, 0.6) is 0 Å². The maximum Gasteiger partial charge on any atom is -0.00199 e. The van der Waals surface area contributed by atoms with Gasteiger partial charge in [0.15, 0.2) is 0 Å². The molecule has 0 bridgehead atoms. The van der Waals surface area contributed by atoms with E-state index in [4.69, 9.17) is 0 Å². The van der Waals surface area contributed by atoms with Crippen LogP contribution in [0.1, 0.15) is 24.0 Å². The summed E-state index contributed by atoms with van der Waals surface area (Å²) < 4.78 is 0. The highest BCUT2D eigenvalue weighted by molar-refractivity contribution is 6.33. The molecular weight excluding hydrogens is 336 g/mol. The minimum atomic E-state index is 1.15. The summed E-state index contributed by atoms with van der Waals surface area (Å²) in [5, 5.41) is 10.9. The summed E-state index contributed by atoms with van der Waals surface area (Å²) in [6.45, 7) is 0. The molecule has 2 aliphatic rings. The van der Waals surface area contributed by atoms with Crippen molar-refractivity contribution >= 4 is 54.2 Å². The van der Waals surface area contributed by atoms with Crippen molar-refractivity contribution in [1.29, 1.82) is 0 Å². The number of hydrogen-bond acceptors (Lipinski definition) is 0. The molecule has 2 aliphatic carbocycles. The highest BCUT2D eigenvalue weighted by Crippen LogP contribution is 2.50. The number of hydrogen-bond donors (Lipinski definition) is 0. The van der Waals surface area contributed by atoms with E-state index in [2.05, 4.69) is 84.9 Å². The molecule has 0 heterocycles. The predicted octanol–water partition coefficient (Wildman–Crippen LogP) is 7.87. The molecule has 0 N–H and O–H groups in total. The summed E-state index contributed by atoms with van der Waals surface area (Å²) in [6, 6.07) is 27.2. The second-order valence-electron chi connectivity index (χ2n) is 8.01. The van der Waals surface area contributed by atoms with E-state index in [9.17, 15) is 0 Å². The van der Waals surface area contributed by atoms with E-state index in [-0.39, 0.29) is 0 Å². The first kappa shape index (κ1) is 14.6. The molecule has 130 valence electrons. The van der Waals surface area contributed by atoms with E-state index in [1.807, 2.05) is 0 Å². The van der Waals surface area contributed by atoms with Crippen molar-refractivity contribution in [3.8, 4) is 0 Å². The van der Waals surface area contributed by atoms with Crippen molar-refractivity contribution in [2.45, 2.75) is 12.8 Å². The molecule has 0 saturated carbocycles. The average Bonchev–Trinajstić information content (AvgIpc) is 3.08. The van der Waals surface area contributed by atoms with Crippen molar-refractivity contribution in [1.82, 2.24) is 0 Å². The van der Waals surface area contributed by atoms with Crippen molar-refractivity contribution < 1.29 is 0 Å². The van der Waals surface area contributed by atoms with E-state index >= 15 is 0 Å². The van der Waals surface area contributed by atoms with E-state index < -0.39 is 0 Å². The molecule has 0 aliphatic heterocycles. The Balaban J connectivity index is 1.80. The van der Waals surface area contributed by atoms with E-state index in [1.165, 1.54) is 65.4 Å². The smallest absolute Gasteiger partial charge is 0.00199 e. The van der Waals surface area contributed by atoms with Gasteiger partial charge < -0.3 is 0 Å². The van der Waals surface area contributed by atoms with Crippen LogP contribution in [0.15, 0.2) is 84.9 Å². The molecule has 28 heavy (non-hydrogen) atoms. The predicted molar refractivity (Wildman–Crippen MR) is 122 cm³/mol. The van der Waals surface area contributed by atoms with Gasteiger partial charge in [0.1, 0.15) is 0 Å². The molecule has 0 aromatic heterocycles. The van der Waals surface area contributed by atoms with Crippen LogP contribution in [0, 0.1) is 0 Å². The summed E-state index contributed by atoms with van der Waals surface area (Å²) in [7, 11) is 0. The van der Waals surface area contributed by atoms with Gasteiger partial charge >= 0.3 is 0 Å². The van der Waals surface area contributed by atoms with Gasteiger partial charge in [-0.1, -0.05) is 78.9 Å². The average molecular weight is 354 g/mol. The van der Waals surface area contributed by atoms with Crippen molar-refractivity contribution in [3.05, 3.63) is 96.1 Å². The largest absolute Gasteiger partial charge is 0.0757 e. The molecule has 0 unspecified atom stereocenters. The van der Waals surface area contributed by atoms with Gasteiger partial charge in [-0.15, -0.1) is 0 Å². The van der Waals surface area contributed by atoms with Gasteiger partial charge in [-0.2, -0.15) is 0 Å². The third-order valence-corrected chi connectivity index (χ3v) is 6.58. The number of fused-ring (bicyclic) bond motifs is 9. The van der Waals surface area contributed by atoms with Gasteiger partial charge in [0, 0.05) is 0 Å². The van der Waals surface area contributed by atoms with Gasteiger partial charge in [-0.25, -0.2) is 0 Å². The molecule has 0 spiro atoms. The molecule has 5 aromatic carbocycles. The van der Waals surface area contributed by atoms with Gasteiger partial charge in [-0.05, 0) is 84.3 Å². The quantitative estimate of drug-likeness (QED) is 0.248. The fraction of sp³-hybridized carbons (Fsp3) is 0.0714. The third kappa shape index (κ3) is 1.71. The fourth-order valence-electron chi connectivity index (χ4n) is 5.42. The van der Waals surface area contributed by atoms with Crippen LogP contribution in [0.25, 0.3) is 54.2 Å². The number of benzene rings is 5. The Labute approximate surface area is 163 Å². The van der Waals surface area contributed by atoms with Gasteiger partial charge in [0.05, 0.1) is 0 Å². The first-order valence-electron chi connectivity index (χ1n) is 10.1. The normalized spacial score (nSPS) is 15.3. The Bertz CT molecular complexity index is 1540. The topological polar surface area (TPSA) is 0 Å². The zero-order valence-corrected chi connectivity index (χ0v) is 15.5.